The number of para-hydroxylation sites is 1. The second kappa shape index (κ2) is 8.08. The first kappa shape index (κ1) is 21.3. The van der Waals surface area contributed by atoms with Gasteiger partial charge in [0, 0.05) is 23.6 Å². The molecule has 0 aliphatic heterocycles. The van der Waals surface area contributed by atoms with Crippen molar-refractivity contribution in [2.24, 2.45) is 7.05 Å². The predicted molar refractivity (Wildman–Crippen MR) is 131 cm³/mol. The molecule has 1 N–H and O–H groups in total. The molecule has 0 radical (unpaired) electrons. The molecule has 1 aliphatic carbocycles. The molecule has 1 saturated carbocycles. The lowest BCUT2D eigenvalue weighted by molar-refractivity contribution is 0.416. The number of pyridine rings is 1. The van der Waals surface area contributed by atoms with E-state index in [0.29, 0.717) is 22.8 Å². The van der Waals surface area contributed by atoms with Crippen molar-refractivity contribution >= 4 is 38.3 Å². The van der Waals surface area contributed by atoms with Gasteiger partial charge in [-0.3, -0.25) is 18.7 Å². The molecule has 1 aliphatic rings. The molecule has 0 saturated heterocycles. The molecule has 2 aromatic carbocycles. The maximum absolute atomic E-state index is 13.7. The number of fused-ring (bicyclic) bond motifs is 1. The highest BCUT2D eigenvalue weighted by atomic mass is 79.9. The molecule has 5 rings (SSSR count). The van der Waals surface area contributed by atoms with Gasteiger partial charge in [0.05, 0.1) is 24.2 Å². The highest BCUT2D eigenvalue weighted by Gasteiger charge is 2.31. The number of rotatable bonds is 5. The maximum atomic E-state index is 13.7. The fourth-order valence-corrected chi connectivity index (χ4v) is 4.38. The maximum Gasteiger partial charge on any atom is 0.337 e. The zero-order valence-corrected chi connectivity index (χ0v) is 19.6. The number of ether oxygens (including phenoxy) is 1. The summed E-state index contributed by atoms with van der Waals surface area (Å²) in [5.41, 5.74) is 0.500. The highest BCUT2D eigenvalue weighted by Crippen LogP contribution is 2.35. The SMILES string of the molecule is COc1cc(Br)ccc1Nc1cc(=O)n(C)c2c1c(=O)n(C1CC1)c(=O)n2-c1ccccc1. The third kappa shape index (κ3) is 3.58. The fraction of sp³-hybridized carbons (Fsp3) is 0.208. The Morgan fingerprint density at radius 3 is 2.39 bits per heavy atom. The number of nitrogens with one attached hydrogen (secondary N) is 1. The molecule has 0 spiro atoms. The van der Waals surface area contributed by atoms with E-state index in [1.54, 1.807) is 38.4 Å². The van der Waals surface area contributed by atoms with Gasteiger partial charge in [-0.1, -0.05) is 34.1 Å². The van der Waals surface area contributed by atoms with E-state index >= 15 is 0 Å². The number of anilines is 2. The number of aryl methyl sites for hydroxylation is 1. The Labute approximate surface area is 196 Å². The van der Waals surface area contributed by atoms with Crippen molar-refractivity contribution in [3.05, 3.63) is 90.3 Å². The smallest absolute Gasteiger partial charge is 0.337 e. The van der Waals surface area contributed by atoms with Crippen LogP contribution >= 0.6 is 15.9 Å². The molecule has 1 fully saturated rings. The van der Waals surface area contributed by atoms with E-state index in [9.17, 15) is 14.4 Å². The van der Waals surface area contributed by atoms with Crippen LogP contribution in [0.1, 0.15) is 18.9 Å². The van der Waals surface area contributed by atoms with Gasteiger partial charge in [-0.25, -0.2) is 9.36 Å². The standard InChI is InChI=1S/C24H21BrN4O4/c1-27-20(30)13-18(26-17-11-8-14(25)12-19(17)33-2)21-22(27)28(15-6-4-3-5-7-15)24(32)29(23(21)31)16-9-10-16/h3-8,11-13,16,26H,9-10H2,1-2H3. The van der Waals surface area contributed by atoms with Gasteiger partial charge in [0.2, 0.25) is 0 Å². The third-order valence-corrected chi connectivity index (χ3v) is 6.30. The van der Waals surface area contributed by atoms with E-state index in [1.165, 1.54) is 19.8 Å². The van der Waals surface area contributed by atoms with E-state index in [4.69, 9.17) is 4.74 Å². The lowest BCUT2D eigenvalue weighted by atomic mass is 10.2. The van der Waals surface area contributed by atoms with Crippen LogP contribution < -0.4 is 26.9 Å². The van der Waals surface area contributed by atoms with Gasteiger partial charge in [-0.05, 0) is 43.2 Å². The number of hydrogen-bond donors (Lipinski definition) is 1. The summed E-state index contributed by atoms with van der Waals surface area (Å²) >= 11 is 3.42. The van der Waals surface area contributed by atoms with Crippen LogP contribution in [0, 0.1) is 0 Å². The van der Waals surface area contributed by atoms with E-state index in [0.717, 1.165) is 17.3 Å². The summed E-state index contributed by atoms with van der Waals surface area (Å²) in [6.45, 7) is 0. The van der Waals surface area contributed by atoms with Crippen molar-refractivity contribution in [2.45, 2.75) is 18.9 Å². The minimum Gasteiger partial charge on any atom is -0.495 e. The Balaban J connectivity index is 1.89. The summed E-state index contributed by atoms with van der Waals surface area (Å²) in [5, 5.41) is 3.46. The summed E-state index contributed by atoms with van der Waals surface area (Å²) in [4.78, 5) is 40.1. The quantitative estimate of drug-likeness (QED) is 0.444. The zero-order valence-electron chi connectivity index (χ0n) is 18.0. The van der Waals surface area contributed by atoms with Crippen LogP contribution in [0.5, 0.6) is 5.75 Å². The molecule has 2 aromatic heterocycles. The van der Waals surface area contributed by atoms with Crippen LogP contribution in [-0.2, 0) is 7.05 Å². The minimum atomic E-state index is -0.449. The second-order valence-electron chi connectivity index (χ2n) is 7.98. The molecule has 0 unspecified atom stereocenters. The van der Waals surface area contributed by atoms with Crippen LogP contribution in [0.25, 0.3) is 16.7 Å². The van der Waals surface area contributed by atoms with Crippen molar-refractivity contribution < 1.29 is 4.74 Å². The lowest BCUT2D eigenvalue weighted by Crippen LogP contribution is -2.41. The molecule has 0 amide bonds. The first-order valence-corrected chi connectivity index (χ1v) is 11.3. The summed E-state index contributed by atoms with van der Waals surface area (Å²) in [6, 6.07) is 15.7. The summed E-state index contributed by atoms with van der Waals surface area (Å²) < 4.78 is 10.4. The van der Waals surface area contributed by atoms with E-state index in [-0.39, 0.29) is 22.6 Å². The van der Waals surface area contributed by atoms with Gasteiger partial charge in [-0.15, -0.1) is 0 Å². The van der Waals surface area contributed by atoms with Gasteiger partial charge in [0.25, 0.3) is 11.1 Å². The predicted octanol–water partition coefficient (Wildman–Crippen LogP) is 3.70. The molecule has 4 aromatic rings. The third-order valence-electron chi connectivity index (χ3n) is 5.81. The van der Waals surface area contributed by atoms with Crippen LogP contribution in [-0.4, -0.2) is 20.8 Å². The fourth-order valence-electron chi connectivity index (χ4n) is 4.04. The molecular formula is C24H21BrN4O4. The molecule has 168 valence electrons. The van der Waals surface area contributed by atoms with Crippen LogP contribution in [0.15, 0.2) is 73.5 Å². The number of benzene rings is 2. The Morgan fingerprint density at radius 1 is 1.00 bits per heavy atom. The Morgan fingerprint density at radius 2 is 1.73 bits per heavy atom. The van der Waals surface area contributed by atoms with Crippen molar-refractivity contribution in [1.82, 2.24) is 13.7 Å². The second-order valence-corrected chi connectivity index (χ2v) is 8.90. The Hall–Kier alpha value is -3.59. The Bertz CT molecular complexity index is 1570. The lowest BCUT2D eigenvalue weighted by Gasteiger charge is -2.19. The zero-order chi connectivity index (χ0) is 23.3. The van der Waals surface area contributed by atoms with E-state index in [1.807, 2.05) is 24.3 Å². The average molecular weight is 509 g/mol. The minimum absolute atomic E-state index is 0.142. The van der Waals surface area contributed by atoms with Crippen molar-refractivity contribution in [2.75, 3.05) is 12.4 Å². The van der Waals surface area contributed by atoms with Crippen molar-refractivity contribution in [3.63, 3.8) is 0 Å². The highest BCUT2D eigenvalue weighted by molar-refractivity contribution is 9.10. The number of nitrogens with zero attached hydrogens (tertiary/aromatic N) is 3. The number of hydrogen-bond acceptors (Lipinski definition) is 5. The molecule has 0 bridgehead atoms. The topological polar surface area (TPSA) is 87.3 Å². The number of methoxy groups -OCH3 is 1. The van der Waals surface area contributed by atoms with Crippen LogP contribution in [0.3, 0.4) is 0 Å². The summed E-state index contributed by atoms with van der Waals surface area (Å²) in [5.74, 6) is 0.539. The summed E-state index contributed by atoms with van der Waals surface area (Å²) in [6.07, 6.45) is 1.54. The first-order valence-electron chi connectivity index (χ1n) is 10.5. The van der Waals surface area contributed by atoms with Gasteiger partial charge >= 0.3 is 5.69 Å². The molecule has 2 heterocycles. The van der Waals surface area contributed by atoms with Gasteiger partial charge in [-0.2, -0.15) is 0 Å². The first-order chi connectivity index (χ1) is 15.9. The van der Waals surface area contributed by atoms with Gasteiger partial charge < -0.3 is 10.1 Å². The average Bonchev–Trinajstić information content (AvgIpc) is 3.64. The van der Waals surface area contributed by atoms with Crippen LogP contribution in [0.4, 0.5) is 11.4 Å². The normalized spacial score (nSPS) is 13.3. The monoisotopic (exact) mass is 508 g/mol. The molecule has 8 nitrogen and oxygen atoms in total. The van der Waals surface area contributed by atoms with Gasteiger partial charge in [0.1, 0.15) is 16.8 Å². The number of halogens is 1. The summed E-state index contributed by atoms with van der Waals surface area (Å²) in [7, 11) is 3.11. The van der Waals surface area contributed by atoms with Gasteiger partial charge in [0.15, 0.2) is 0 Å². The van der Waals surface area contributed by atoms with Crippen LogP contribution in [0.2, 0.25) is 0 Å². The van der Waals surface area contributed by atoms with Crippen molar-refractivity contribution in [1.29, 1.82) is 0 Å². The Kier molecular flexibility index (Phi) is 5.20. The molecule has 33 heavy (non-hydrogen) atoms. The van der Waals surface area contributed by atoms with Crippen molar-refractivity contribution in [3.8, 4) is 11.4 Å². The number of aromatic nitrogens is 3. The molecule has 9 heteroatoms. The van der Waals surface area contributed by atoms with E-state index in [2.05, 4.69) is 21.2 Å². The molecular weight excluding hydrogens is 488 g/mol. The molecule has 0 atom stereocenters. The largest absolute Gasteiger partial charge is 0.495 e. The van der Waals surface area contributed by atoms with E-state index < -0.39 is 11.2 Å².